The second kappa shape index (κ2) is 2.94. The Morgan fingerprint density at radius 2 is 2.00 bits per heavy atom. The lowest BCUT2D eigenvalue weighted by atomic mass is 9.57. The molecule has 0 aliphatic heterocycles. The molecule has 1 nitrogen and oxygen atoms in total. The summed E-state index contributed by atoms with van der Waals surface area (Å²) in [6, 6.07) is 6.63. The lowest BCUT2D eigenvalue weighted by Crippen LogP contribution is -2.45. The van der Waals surface area contributed by atoms with Gasteiger partial charge in [-0.25, -0.2) is 0 Å². The molecule has 1 saturated carbocycles. The second-order valence-corrected chi connectivity index (χ2v) is 5.02. The van der Waals surface area contributed by atoms with Crippen LogP contribution in [0.15, 0.2) is 18.2 Å². The lowest BCUT2D eigenvalue weighted by Gasteiger charge is -2.44. The van der Waals surface area contributed by atoms with Crippen molar-refractivity contribution in [3.05, 3.63) is 34.9 Å². The van der Waals surface area contributed by atoms with Gasteiger partial charge in [-0.2, -0.15) is 0 Å². The minimum atomic E-state index is -0.0559. The minimum Gasteiger partial charge on any atom is -0.299 e. The van der Waals surface area contributed by atoms with Gasteiger partial charge in [-0.1, -0.05) is 30.2 Å². The highest BCUT2D eigenvalue weighted by atomic mass is 16.1. The van der Waals surface area contributed by atoms with E-state index in [-0.39, 0.29) is 5.41 Å². The van der Waals surface area contributed by atoms with Gasteiger partial charge in [0.05, 0.1) is 5.41 Å². The van der Waals surface area contributed by atoms with E-state index in [9.17, 15) is 4.79 Å². The summed E-state index contributed by atoms with van der Waals surface area (Å²) in [6.07, 6.45) is 5.11. The van der Waals surface area contributed by atoms with Crippen molar-refractivity contribution in [2.75, 3.05) is 0 Å². The summed E-state index contributed by atoms with van der Waals surface area (Å²) in [4.78, 5) is 12.1. The second-order valence-electron chi connectivity index (χ2n) is 5.02. The van der Waals surface area contributed by atoms with Crippen molar-refractivity contribution in [1.29, 1.82) is 0 Å². The van der Waals surface area contributed by atoms with E-state index in [1.165, 1.54) is 23.1 Å². The van der Waals surface area contributed by atoms with Crippen LogP contribution in [0, 0.1) is 6.92 Å². The molecule has 15 heavy (non-hydrogen) atoms. The molecule has 0 bridgehead atoms. The van der Waals surface area contributed by atoms with Gasteiger partial charge in [0.25, 0.3) is 0 Å². The van der Waals surface area contributed by atoms with Crippen LogP contribution in [-0.4, -0.2) is 5.78 Å². The molecule has 0 unspecified atom stereocenters. The van der Waals surface area contributed by atoms with Crippen molar-refractivity contribution in [2.24, 2.45) is 0 Å². The van der Waals surface area contributed by atoms with E-state index in [4.69, 9.17) is 0 Å². The van der Waals surface area contributed by atoms with E-state index in [0.29, 0.717) is 5.78 Å². The van der Waals surface area contributed by atoms with Crippen LogP contribution in [-0.2, 0) is 16.6 Å². The fourth-order valence-corrected chi connectivity index (χ4v) is 3.07. The molecule has 3 rings (SSSR count). The molecule has 2 aliphatic rings. The van der Waals surface area contributed by atoms with E-state index in [1.54, 1.807) is 0 Å². The monoisotopic (exact) mass is 200 g/mol. The van der Waals surface area contributed by atoms with Crippen LogP contribution in [0.2, 0.25) is 0 Å². The molecule has 1 heteroatoms. The maximum atomic E-state index is 12.1. The minimum absolute atomic E-state index is 0.0559. The van der Waals surface area contributed by atoms with Crippen LogP contribution in [0.4, 0.5) is 0 Å². The summed E-state index contributed by atoms with van der Waals surface area (Å²) in [5, 5.41) is 0. The van der Waals surface area contributed by atoms with Crippen LogP contribution >= 0.6 is 0 Å². The van der Waals surface area contributed by atoms with Crippen LogP contribution in [0.3, 0.4) is 0 Å². The predicted molar refractivity (Wildman–Crippen MR) is 60.0 cm³/mol. The van der Waals surface area contributed by atoms with Crippen molar-refractivity contribution in [1.82, 2.24) is 0 Å². The molecule has 2 aliphatic carbocycles. The number of ketones is 1. The maximum Gasteiger partial charge on any atom is 0.143 e. The number of aryl methyl sites for hydroxylation is 2. The van der Waals surface area contributed by atoms with Gasteiger partial charge in [0, 0.05) is 6.42 Å². The summed E-state index contributed by atoms with van der Waals surface area (Å²) in [7, 11) is 0. The Morgan fingerprint density at radius 1 is 1.20 bits per heavy atom. The van der Waals surface area contributed by atoms with Gasteiger partial charge in [-0.3, -0.25) is 4.79 Å². The largest absolute Gasteiger partial charge is 0.299 e. The van der Waals surface area contributed by atoms with Gasteiger partial charge in [-0.05, 0) is 37.3 Å². The van der Waals surface area contributed by atoms with Crippen molar-refractivity contribution < 1.29 is 4.79 Å². The Hall–Kier alpha value is -1.11. The zero-order chi connectivity index (χ0) is 10.5. The smallest absolute Gasteiger partial charge is 0.143 e. The standard InChI is InChI=1S/C14H16O/c1-10-3-4-11-5-6-13(15)14(7-2-8-14)12(11)9-10/h3-4,9H,2,5-8H2,1H3. The summed E-state index contributed by atoms with van der Waals surface area (Å²) in [6.45, 7) is 2.12. The van der Waals surface area contributed by atoms with Gasteiger partial charge in [0.15, 0.2) is 0 Å². The Morgan fingerprint density at radius 3 is 2.67 bits per heavy atom. The van der Waals surface area contributed by atoms with E-state index in [2.05, 4.69) is 25.1 Å². The number of Topliss-reactive ketones (excluding diaryl/α,β-unsaturated/α-hetero) is 1. The number of rotatable bonds is 0. The predicted octanol–water partition coefficient (Wildman–Crippen LogP) is 2.93. The lowest BCUT2D eigenvalue weighted by molar-refractivity contribution is -0.128. The first kappa shape index (κ1) is 9.14. The van der Waals surface area contributed by atoms with E-state index >= 15 is 0 Å². The third-order valence-corrected chi connectivity index (χ3v) is 4.14. The van der Waals surface area contributed by atoms with Crippen molar-refractivity contribution in [2.45, 2.75) is 44.4 Å². The van der Waals surface area contributed by atoms with E-state index in [1.807, 2.05) is 0 Å². The Labute approximate surface area is 90.5 Å². The number of hydrogen-bond donors (Lipinski definition) is 0. The molecule has 78 valence electrons. The van der Waals surface area contributed by atoms with Crippen molar-refractivity contribution >= 4 is 5.78 Å². The molecule has 0 amide bonds. The summed E-state index contributed by atoms with van der Waals surface area (Å²) in [5.74, 6) is 0.492. The number of benzene rings is 1. The molecule has 0 heterocycles. The third-order valence-electron chi connectivity index (χ3n) is 4.14. The first-order valence-electron chi connectivity index (χ1n) is 5.86. The Bertz CT molecular complexity index is 427. The number of carbonyl (C=O) groups excluding carboxylic acids is 1. The molecule has 1 aromatic carbocycles. The molecule has 0 aromatic heterocycles. The molecule has 0 atom stereocenters. The van der Waals surface area contributed by atoms with Gasteiger partial charge in [-0.15, -0.1) is 0 Å². The number of fused-ring (bicyclic) bond motifs is 2. The maximum absolute atomic E-state index is 12.1. The van der Waals surface area contributed by atoms with E-state index < -0.39 is 0 Å². The summed E-state index contributed by atoms with van der Waals surface area (Å²) < 4.78 is 0. The molecule has 1 aromatic rings. The van der Waals surface area contributed by atoms with Gasteiger partial charge < -0.3 is 0 Å². The SMILES string of the molecule is Cc1ccc2c(c1)C1(CCC1)C(=O)CC2. The Kier molecular flexibility index (Phi) is 1.79. The molecule has 0 N–H and O–H groups in total. The summed E-state index contributed by atoms with van der Waals surface area (Å²) in [5.41, 5.74) is 4.00. The molecule has 0 radical (unpaired) electrons. The third kappa shape index (κ3) is 1.12. The zero-order valence-corrected chi connectivity index (χ0v) is 9.18. The van der Waals surface area contributed by atoms with Crippen LogP contribution < -0.4 is 0 Å². The molecular weight excluding hydrogens is 184 g/mol. The number of hydrogen-bond acceptors (Lipinski definition) is 1. The molecule has 1 spiro atoms. The highest BCUT2D eigenvalue weighted by molar-refractivity contribution is 5.93. The van der Waals surface area contributed by atoms with E-state index in [0.717, 1.165) is 25.7 Å². The molecule has 0 saturated heterocycles. The van der Waals surface area contributed by atoms with Crippen molar-refractivity contribution in [3.8, 4) is 0 Å². The van der Waals surface area contributed by atoms with Crippen LogP contribution in [0.5, 0.6) is 0 Å². The Balaban J connectivity index is 2.18. The average molecular weight is 200 g/mol. The zero-order valence-electron chi connectivity index (χ0n) is 9.18. The van der Waals surface area contributed by atoms with Crippen LogP contribution in [0.1, 0.15) is 42.4 Å². The average Bonchev–Trinajstić information content (AvgIpc) is 2.14. The van der Waals surface area contributed by atoms with Gasteiger partial charge in [0.2, 0.25) is 0 Å². The fourth-order valence-electron chi connectivity index (χ4n) is 3.07. The van der Waals surface area contributed by atoms with Gasteiger partial charge >= 0.3 is 0 Å². The normalized spacial score (nSPS) is 22.3. The topological polar surface area (TPSA) is 17.1 Å². The van der Waals surface area contributed by atoms with Crippen LogP contribution in [0.25, 0.3) is 0 Å². The summed E-state index contributed by atoms with van der Waals surface area (Å²) >= 11 is 0. The highest BCUT2D eigenvalue weighted by Crippen LogP contribution is 2.49. The van der Waals surface area contributed by atoms with Gasteiger partial charge in [0.1, 0.15) is 5.78 Å². The number of carbonyl (C=O) groups is 1. The highest BCUT2D eigenvalue weighted by Gasteiger charge is 2.47. The first-order chi connectivity index (χ1) is 7.22. The first-order valence-corrected chi connectivity index (χ1v) is 5.86. The fraction of sp³-hybridized carbons (Fsp3) is 0.500. The molecular formula is C14H16O. The quantitative estimate of drug-likeness (QED) is 0.629. The van der Waals surface area contributed by atoms with Crippen molar-refractivity contribution in [3.63, 3.8) is 0 Å². The molecule has 1 fully saturated rings.